The summed E-state index contributed by atoms with van der Waals surface area (Å²) in [7, 11) is 1.56. The fourth-order valence-electron chi connectivity index (χ4n) is 1.88. The van der Waals surface area contributed by atoms with Gasteiger partial charge in [0.2, 0.25) is 0 Å². The smallest absolute Gasteiger partial charge is 0.127 e. The quantitative estimate of drug-likeness (QED) is 0.778. The monoisotopic (exact) mass is 195 g/mol. The Hall–Kier alpha value is -1.09. The lowest BCUT2D eigenvalue weighted by molar-refractivity contribution is 0.410. The van der Waals surface area contributed by atoms with Crippen molar-refractivity contribution in [2.24, 2.45) is 0 Å². The van der Waals surface area contributed by atoms with Crippen molar-refractivity contribution < 1.29 is 9.13 Å². The molecule has 1 saturated heterocycles. The Morgan fingerprint density at radius 1 is 1.43 bits per heavy atom. The van der Waals surface area contributed by atoms with Gasteiger partial charge in [0.1, 0.15) is 11.6 Å². The second-order valence-electron chi connectivity index (χ2n) is 3.61. The van der Waals surface area contributed by atoms with Crippen LogP contribution in [0.25, 0.3) is 0 Å². The zero-order valence-corrected chi connectivity index (χ0v) is 8.22. The molecule has 1 atom stereocenters. The van der Waals surface area contributed by atoms with Gasteiger partial charge in [0.05, 0.1) is 7.11 Å². The second kappa shape index (κ2) is 3.96. The Morgan fingerprint density at radius 3 is 2.93 bits per heavy atom. The second-order valence-corrected chi connectivity index (χ2v) is 3.61. The van der Waals surface area contributed by atoms with Gasteiger partial charge in [-0.1, -0.05) is 0 Å². The number of hydrogen-bond acceptors (Lipinski definition) is 2. The number of halogens is 1. The molecule has 0 spiro atoms. The molecule has 0 radical (unpaired) electrons. The van der Waals surface area contributed by atoms with Crippen LogP contribution in [0.2, 0.25) is 0 Å². The van der Waals surface area contributed by atoms with Crippen molar-refractivity contribution in [1.82, 2.24) is 5.32 Å². The molecule has 14 heavy (non-hydrogen) atoms. The van der Waals surface area contributed by atoms with Crippen LogP contribution in [0.4, 0.5) is 4.39 Å². The molecule has 1 fully saturated rings. The largest absolute Gasteiger partial charge is 0.497 e. The molecule has 1 heterocycles. The van der Waals surface area contributed by atoms with Crippen molar-refractivity contribution in [2.45, 2.75) is 12.3 Å². The summed E-state index contributed by atoms with van der Waals surface area (Å²) in [5.74, 6) is 0.817. The predicted octanol–water partition coefficient (Wildman–Crippen LogP) is 1.91. The summed E-state index contributed by atoms with van der Waals surface area (Å²) in [5, 5.41) is 3.26. The molecule has 76 valence electrons. The first-order valence-corrected chi connectivity index (χ1v) is 4.85. The third-order valence-electron chi connectivity index (χ3n) is 2.66. The summed E-state index contributed by atoms with van der Waals surface area (Å²) in [5.41, 5.74) is 1.03. The highest BCUT2D eigenvalue weighted by Crippen LogP contribution is 2.26. The Labute approximate surface area is 83.1 Å². The highest BCUT2D eigenvalue weighted by molar-refractivity contribution is 5.32. The minimum atomic E-state index is -0.216. The molecule has 3 heteroatoms. The molecule has 0 bridgehead atoms. The molecule has 2 nitrogen and oxygen atoms in total. The molecule has 0 aromatic heterocycles. The molecule has 0 aliphatic carbocycles. The van der Waals surface area contributed by atoms with Crippen molar-refractivity contribution in [1.29, 1.82) is 0 Å². The zero-order valence-electron chi connectivity index (χ0n) is 8.22. The van der Waals surface area contributed by atoms with Gasteiger partial charge < -0.3 is 10.1 Å². The highest BCUT2D eigenvalue weighted by atomic mass is 19.1. The average Bonchev–Trinajstić information content (AvgIpc) is 2.69. The fraction of sp³-hybridized carbons (Fsp3) is 0.455. The first-order chi connectivity index (χ1) is 6.79. The van der Waals surface area contributed by atoms with Crippen LogP contribution in [-0.2, 0) is 0 Å². The maximum atomic E-state index is 13.2. The standard InChI is InChI=1S/C11H14FNO/c1-14-11-5-9(4-10(12)6-11)8-2-3-13-7-8/h4-6,8,13H,2-3,7H2,1H3. The molecule has 1 unspecified atom stereocenters. The van der Waals surface area contributed by atoms with E-state index in [4.69, 9.17) is 4.74 Å². The first kappa shape index (κ1) is 9.46. The van der Waals surface area contributed by atoms with Gasteiger partial charge >= 0.3 is 0 Å². The van der Waals surface area contributed by atoms with E-state index in [1.807, 2.05) is 6.07 Å². The molecular formula is C11H14FNO. The Bertz CT molecular complexity index is 321. The van der Waals surface area contributed by atoms with Gasteiger partial charge in [-0.3, -0.25) is 0 Å². The van der Waals surface area contributed by atoms with Crippen LogP contribution >= 0.6 is 0 Å². The van der Waals surface area contributed by atoms with Crippen LogP contribution in [0.15, 0.2) is 18.2 Å². The van der Waals surface area contributed by atoms with E-state index >= 15 is 0 Å². The number of ether oxygens (including phenoxy) is 1. The van der Waals surface area contributed by atoms with E-state index in [1.165, 1.54) is 6.07 Å². The third kappa shape index (κ3) is 1.87. The minimum absolute atomic E-state index is 0.216. The topological polar surface area (TPSA) is 21.3 Å². The molecule has 2 rings (SSSR count). The van der Waals surface area contributed by atoms with Crippen LogP contribution in [0.1, 0.15) is 17.9 Å². The predicted molar refractivity (Wildman–Crippen MR) is 53.2 cm³/mol. The summed E-state index contributed by atoms with van der Waals surface area (Å²) < 4.78 is 18.2. The number of rotatable bonds is 2. The van der Waals surface area contributed by atoms with Crippen LogP contribution in [-0.4, -0.2) is 20.2 Å². The average molecular weight is 195 g/mol. The normalized spacial score (nSPS) is 21.1. The Kier molecular flexibility index (Phi) is 2.68. The molecule has 1 N–H and O–H groups in total. The van der Waals surface area contributed by atoms with Gasteiger partial charge in [-0.15, -0.1) is 0 Å². The first-order valence-electron chi connectivity index (χ1n) is 4.85. The van der Waals surface area contributed by atoms with Gasteiger partial charge in [-0.2, -0.15) is 0 Å². The highest BCUT2D eigenvalue weighted by Gasteiger charge is 2.17. The van der Waals surface area contributed by atoms with E-state index < -0.39 is 0 Å². The van der Waals surface area contributed by atoms with Crippen molar-refractivity contribution in [3.05, 3.63) is 29.6 Å². The number of hydrogen-bond donors (Lipinski definition) is 1. The molecule has 1 aliphatic heterocycles. The molecule has 0 saturated carbocycles. The van der Waals surface area contributed by atoms with E-state index in [9.17, 15) is 4.39 Å². The lowest BCUT2D eigenvalue weighted by Crippen LogP contribution is -2.08. The molecule has 0 amide bonds. The van der Waals surface area contributed by atoms with E-state index in [2.05, 4.69) is 5.32 Å². The SMILES string of the molecule is COc1cc(F)cc(C2CCNC2)c1. The molecular weight excluding hydrogens is 181 g/mol. The van der Waals surface area contributed by atoms with Crippen LogP contribution < -0.4 is 10.1 Å². The van der Waals surface area contributed by atoms with Crippen molar-refractivity contribution in [2.75, 3.05) is 20.2 Å². The summed E-state index contributed by atoms with van der Waals surface area (Å²) in [6, 6.07) is 4.92. The number of nitrogens with one attached hydrogen (secondary N) is 1. The van der Waals surface area contributed by atoms with Gasteiger partial charge in [0, 0.05) is 12.6 Å². The number of methoxy groups -OCH3 is 1. The van der Waals surface area contributed by atoms with Crippen molar-refractivity contribution in [3.8, 4) is 5.75 Å². The fourth-order valence-corrected chi connectivity index (χ4v) is 1.88. The van der Waals surface area contributed by atoms with Gasteiger partial charge in [-0.25, -0.2) is 4.39 Å². The molecule has 1 aromatic rings. The summed E-state index contributed by atoms with van der Waals surface area (Å²) in [6.07, 6.45) is 1.08. The summed E-state index contributed by atoms with van der Waals surface area (Å²) in [6.45, 7) is 1.95. The van der Waals surface area contributed by atoms with Gasteiger partial charge in [0.25, 0.3) is 0 Å². The Morgan fingerprint density at radius 2 is 2.29 bits per heavy atom. The van der Waals surface area contributed by atoms with Crippen LogP contribution in [0.3, 0.4) is 0 Å². The summed E-state index contributed by atoms with van der Waals surface area (Å²) >= 11 is 0. The maximum absolute atomic E-state index is 13.2. The van der Waals surface area contributed by atoms with Crippen LogP contribution in [0, 0.1) is 5.82 Å². The van der Waals surface area contributed by atoms with E-state index in [0.717, 1.165) is 25.1 Å². The zero-order chi connectivity index (χ0) is 9.97. The third-order valence-corrected chi connectivity index (χ3v) is 2.66. The van der Waals surface area contributed by atoms with E-state index in [1.54, 1.807) is 13.2 Å². The van der Waals surface area contributed by atoms with Gasteiger partial charge in [-0.05, 0) is 36.6 Å². The van der Waals surface area contributed by atoms with E-state index in [-0.39, 0.29) is 5.82 Å². The molecule has 1 aromatic carbocycles. The molecule has 1 aliphatic rings. The number of benzene rings is 1. The minimum Gasteiger partial charge on any atom is -0.497 e. The maximum Gasteiger partial charge on any atom is 0.127 e. The van der Waals surface area contributed by atoms with Crippen molar-refractivity contribution in [3.63, 3.8) is 0 Å². The summed E-state index contributed by atoms with van der Waals surface area (Å²) in [4.78, 5) is 0. The van der Waals surface area contributed by atoms with E-state index in [0.29, 0.717) is 11.7 Å². The van der Waals surface area contributed by atoms with Crippen molar-refractivity contribution >= 4 is 0 Å². The van der Waals surface area contributed by atoms with Crippen LogP contribution in [0.5, 0.6) is 5.75 Å². The lowest BCUT2D eigenvalue weighted by Gasteiger charge is -2.10. The van der Waals surface area contributed by atoms with Gasteiger partial charge in [0.15, 0.2) is 0 Å². The lowest BCUT2D eigenvalue weighted by atomic mass is 9.98. The Balaban J connectivity index is 2.27.